The molecule has 0 unspecified atom stereocenters. The lowest BCUT2D eigenvalue weighted by Crippen LogP contribution is -2.02. The summed E-state index contributed by atoms with van der Waals surface area (Å²) in [6, 6.07) is 1.68. The molecule has 0 aliphatic heterocycles. The van der Waals surface area contributed by atoms with Gasteiger partial charge in [0.15, 0.2) is 11.6 Å². The van der Waals surface area contributed by atoms with Gasteiger partial charge in [-0.2, -0.15) is 10.2 Å². The Balaban J connectivity index is 1.51. The Kier molecular flexibility index (Phi) is 3.49. The predicted octanol–water partition coefficient (Wildman–Crippen LogP) is 2.66. The molecule has 1 saturated carbocycles. The van der Waals surface area contributed by atoms with E-state index in [1.54, 1.807) is 12.3 Å². The molecule has 0 amide bonds. The summed E-state index contributed by atoms with van der Waals surface area (Å²) in [6.45, 7) is 0. The lowest BCUT2D eigenvalue weighted by atomic mass is 10.1. The molecule has 2 aliphatic rings. The van der Waals surface area contributed by atoms with Crippen LogP contribution in [0, 0.1) is 5.92 Å². The van der Waals surface area contributed by atoms with Crippen molar-refractivity contribution in [1.29, 1.82) is 0 Å². The van der Waals surface area contributed by atoms with Crippen LogP contribution in [0.2, 0.25) is 0 Å². The van der Waals surface area contributed by atoms with E-state index >= 15 is 0 Å². The lowest BCUT2D eigenvalue weighted by Gasteiger charge is -2.03. The van der Waals surface area contributed by atoms with Gasteiger partial charge in [0.2, 0.25) is 0 Å². The molecule has 0 atom stereocenters. The number of aromatic carboxylic acids is 1. The van der Waals surface area contributed by atoms with E-state index in [1.165, 1.54) is 35.5 Å². The SMILES string of the molecule is O=C(O)c1cnn(-c2ccnc(-c3n[nH]c4c3CC=C(C3CC3)C=C4)n2)c1. The second kappa shape index (κ2) is 6.01. The van der Waals surface area contributed by atoms with E-state index in [4.69, 9.17) is 5.11 Å². The van der Waals surface area contributed by atoms with Crippen LogP contribution in [-0.4, -0.2) is 41.0 Å². The minimum Gasteiger partial charge on any atom is -0.478 e. The second-order valence-corrected chi connectivity index (χ2v) is 6.70. The van der Waals surface area contributed by atoms with Crippen LogP contribution in [0.3, 0.4) is 0 Å². The molecule has 3 heterocycles. The Morgan fingerprint density at radius 1 is 1.30 bits per heavy atom. The summed E-state index contributed by atoms with van der Waals surface area (Å²) in [5, 5.41) is 20.6. The number of nitrogens with zero attached hydrogens (tertiary/aromatic N) is 5. The normalized spacial score (nSPS) is 15.9. The summed E-state index contributed by atoms with van der Waals surface area (Å²) in [6.07, 6.45) is 14.1. The predicted molar refractivity (Wildman–Crippen MR) is 97.2 cm³/mol. The fraction of sp³-hybridized carbons (Fsp3) is 0.211. The average Bonchev–Trinajstić information content (AvgIpc) is 3.31. The number of rotatable bonds is 4. The monoisotopic (exact) mass is 360 g/mol. The Bertz CT molecular complexity index is 1100. The molecule has 2 aliphatic carbocycles. The van der Waals surface area contributed by atoms with Gasteiger partial charge in [0.1, 0.15) is 5.69 Å². The van der Waals surface area contributed by atoms with E-state index in [0.717, 1.165) is 17.7 Å². The van der Waals surface area contributed by atoms with Crippen molar-refractivity contribution in [2.45, 2.75) is 19.3 Å². The number of allylic oxidation sites excluding steroid dienone is 3. The molecule has 0 bridgehead atoms. The number of carbonyl (C=O) groups is 1. The summed E-state index contributed by atoms with van der Waals surface area (Å²) in [5.74, 6) is 0.638. The van der Waals surface area contributed by atoms with E-state index in [2.05, 4.69) is 43.5 Å². The first-order valence-corrected chi connectivity index (χ1v) is 8.76. The van der Waals surface area contributed by atoms with Crippen LogP contribution >= 0.6 is 0 Å². The summed E-state index contributed by atoms with van der Waals surface area (Å²) in [4.78, 5) is 20.0. The number of aromatic amines is 1. The van der Waals surface area contributed by atoms with Crippen molar-refractivity contribution < 1.29 is 9.90 Å². The third-order valence-electron chi connectivity index (χ3n) is 4.85. The van der Waals surface area contributed by atoms with E-state index in [-0.39, 0.29) is 5.56 Å². The molecule has 3 aromatic heterocycles. The van der Waals surface area contributed by atoms with Gasteiger partial charge >= 0.3 is 5.97 Å². The molecule has 2 N–H and O–H groups in total. The zero-order valence-electron chi connectivity index (χ0n) is 14.3. The molecule has 0 spiro atoms. The fourth-order valence-corrected chi connectivity index (χ4v) is 3.24. The molecule has 27 heavy (non-hydrogen) atoms. The number of carboxylic acids is 1. The van der Waals surface area contributed by atoms with Crippen LogP contribution in [0.4, 0.5) is 0 Å². The smallest absolute Gasteiger partial charge is 0.338 e. The number of nitrogens with one attached hydrogen (secondary N) is 1. The number of fused-ring (bicyclic) bond motifs is 1. The highest BCUT2D eigenvalue weighted by atomic mass is 16.4. The zero-order chi connectivity index (χ0) is 18.4. The topological polar surface area (TPSA) is 110 Å². The summed E-state index contributed by atoms with van der Waals surface area (Å²) in [7, 11) is 0. The van der Waals surface area contributed by atoms with Gasteiger partial charge in [-0.25, -0.2) is 19.4 Å². The minimum absolute atomic E-state index is 0.103. The van der Waals surface area contributed by atoms with Crippen LogP contribution in [-0.2, 0) is 6.42 Å². The number of H-pyrrole nitrogens is 1. The molecule has 8 nitrogen and oxygen atoms in total. The number of carboxylic acid groups (broad SMARTS) is 1. The van der Waals surface area contributed by atoms with Gasteiger partial charge in [0, 0.05) is 24.0 Å². The van der Waals surface area contributed by atoms with Crippen LogP contribution in [0.15, 0.2) is 42.4 Å². The molecule has 3 aromatic rings. The van der Waals surface area contributed by atoms with Gasteiger partial charge in [0.05, 0.1) is 17.5 Å². The summed E-state index contributed by atoms with van der Waals surface area (Å²) < 4.78 is 1.42. The largest absolute Gasteiger partial charge is 0.478 e. The Labute approximate surface area is 154 Å². The molecular weight excluding hydrogens is 344 g/mol. The van der Waals surface area contributed by atoms with Gasteiger partial charge in [-0.15, -0.1) is 0 Å². The zero-order valence-corrected chi connectivity index (χ0v) is 14.3. The van der Waals surface area contributed by atoms with Crippen molar-refractivity contribution in [2.75, 3.05) is 0 Å². The highest BCUT2D eigenvalue weighted by molar-refractivity contribution is 5.86. The highest BCUT2D eigenvalue weighted by Gasteiger charge is 2.26. The molecule has 1 fully saturated rings. The van der Waals surface area contributed by atoms with Gasteiger partial charge < -0.3 is 5.11 Å². The molecule has 8 heteroatoms. The Hall–Kier alpha value is -3.55. The maximum Gasteiger partial charge on any atom is 0.338 e. The third-order valence-corrected chi connectivity index (χ3v) is 4.85. The van der Waals surface area contributed by atoms with E-state index in [9.17, 15) is 4.79 Å². The van der Waals surface area contributed by atoms with Gasteiger partial charge in [-0.3, -0.25) is 5.10 Å². The molecule has 5 rings (SSSR count). The molecule has 0 radical (unpaired) electrons. The fourth-order valence-electron chi connectivity index (χ4n) is 3.24. The van der Waals surface area contributed by atoms with Gasteiger partial charge in [-0.1, -0.05) is 12.2 Å². The molecule has 134 valence electrons. The number of hydrogen-bond donors (Lipinski definition) is 2. The molecule has 0 aromatic carbocycles. The Morgan fingerprint density at radius 3 is 2.96 bits per heavy atom. The van der Waals surface area contributed by atoms with E-state index in [1.807, 2.05) is 0 Å². The average molecular weight is 360 g/mol. The minimum atomic E-state index is -1.03. The number of aromatic nitrogens is 6. The maximum absolute atomic E-state index is 11.1. The standard InChI is InChI=1S/C19H16N6O2/c26-19(27)13-9-21-25(10-13)16-7-8-20-18(22-16)17-14-5-3-12(11-1-2-11)4-6-15(14)23-24-17/h3-4,6-11H,1-2,5H2,(H,23,24)(H,26,27). The second-order valence-electron chi connectivity index (χ2n) is 6.70. The van der Waals surface area contributed by atoms with Gasteiger partial charge in [-0.05, 0) is 36.8 Å². The first kappa shape index (κ1) is 15.7. The van der Waals surface area contributed by atoms with E-state index in [0.29, 0.717) is 23.3 Å². The highest BCUT2D eigenvalue weighted by Crippen LogP contribution is 2.39. The summed E-state index contributed by atoms with van der Waals surface area (Å²) >= 11 is 0. The quantitative estimate of drug-likeness (QED) is 0.740. The number of hydrogen-bond acceptors (Lipinski definition) is 5. The van der Waals surface area contributed by atoms with Gasteiger partial charge in [0.25, 0.3) is 0 Å². The van der Waals surface area contributed by atoms with Crippen LogP contribution in [0.5, 0.6) is 0 Å². The van der Waals surface area contributed by atoms with Crippen molar-refractivity contribution >= 4 is 12.0 Å². The molecule has 0 saturated heterocycles. The lowest BCUT2D eigenvalue weighted by molar-refractivity contribution is 0.0697. The maximum atomic E-state index is 11.1. The van der Waals surface area contributed by atoms with Crippen molar-refractivity contribution in [3.63, 3.8) is 0 Å². The van der Waals surface area contributed by atoms with Crippen molar-refractivity contribution in [1.82, 2.24) is 29.9 Å². The first-order chi connectivity index (χ1) is 13.2. The van der Waals surface area contributed by atoms with Crippen LogP contribution in [0.25, 0.3) is 23.4 Å². The van der Waals surface area contributed by atoms with Crippen LogP contribution < -0.4 is 0 Å². The van der Waals surface area contributed by atoms with Crippen molar-refractivity contribution in [2.24, 2.45) is 5.92 Å². The summed E-state index contributed by atoms with van der Waals surface area (Å²) in [5.41, 5.74) is 4.23. The van der Waals surface area contributed by atoms with E-state index < -0.39 is 5.97 Å². The van der Waals surface area contributed by atoms with Crippen LogP contribution in [0.1, 0.15) is 34.5 Å². The van der Waals surface area contributed by atoms with Crippen molar-refractivity contribution in [3.05, 3.63) is 59.2 Å². The molecular formula is C19H16N6O2. The third kappa shape index (κ3) is 2.84. The first-order valence-electron chi connectivity index (χ1n) is 8.76. The Morgan fingerprint density at radius 2 is 2.19 bits per heavy atom. The van der Waals surface area contributed by atoms with Crippen molar-refractivity contribution in [3.8, 4) is 17.3 Å².